The molecule has 35 heavy (non-hydrogen) atoms. The Morgan fingerprint density at radius 2 is 1.43 bits per heavy atom. The second-order valence-corrected chi connectivity index (χ2v) is 9.53. The molecule has 2 saturated heterocycles. The van der Waals surface area contributed by atoms with Gasteiger partial charge >= 0.3 is 6.09 Å². The number of hydrogen-bond acceptors (Lipinski definition) is 9. The minimum absolute atomic E-state index is 0.467. The molecule has 0 saturated carbocycles. The van der Waals surface area contributed by atoms with Crippen molar-refractivity contribution >= 4 is 17.5 Å². The Balaban J connectivity index is 0.000000211. The summed E-state index contributed by atoms with van der Waals surface area (Å²) in [7, 11) is 0. The Kier molecular flexibility index (Phi) is 10.2. The molecule has 2 fully saturated rings. The zero-order valence-corrected chi connectivity index (χ0v) is 21.0. The van der Waals surface area contributed by atoms with E-state index in [0.717, 1.165) is 82.8 Å². The number of morpholine rings is 2. The number of anilines is 2. The molecule has 0 aliphatic carbocycles. The summed E-state index contributed by atoms with van der Waals surface area (Å²) in [5.41, 5.74) is 8.46. The number of nitrogens with zero attached hydrogens (tertiary/aromatic N) is 4. The Labute approximate surface area is 207 Å². The number of nitrogen functional groups attached to an aromatic ring is 1. The van der Waals surface area contributed by atoms with Crippen LogP contribution in [0.3, 0.4) is 0 Å². The van der Waals surface area contributed by atoms with Crippen molar-refractivity contribution in [2.24, 2.45) is 0 Å². The number of rotatable bonds is 5. The summed E-state index contributed by atoms with van der Waals surface area (Å²) >= 11 is 0. The average Bonchev–Trinajstić information content (AvgIpc) is 2.82. The number of carbonyl (C=O) groups excluding carboxylic acids is 1. The van der Waals surface area contributed by atoms with E-state index in [9.17, 15) is 4.79 Å². The van der Waals surface area contributed by atoms with E-state index in [1.807, 2.05) is 45.0 Å². The van der Waals surface area contributed by atoms with Gasteiger partial charge in [0.2, 0.25) is 0 Å². The van der Waals surface area contributed by atoms with Crippen LogP contribution in [0.15, 0.2) is 36.7 Å². The third-order valence-electron chi connectivity index (χ3n) is 5.30. The van der Waals surface area contributed by atoms with Crippen molar-refractivity contribution in [3.63, 3.8) is 0 Å². The summed E-state index contributed by atoms with van der Waals surface area (Å²) in [5, 5.41) is 2.67. The molecule has 4 heterocycles. The van der Waals surface area contributed by atoms with E-state index in [0.29, 0.717) is 5.69 Å². The van der Waals surface area contributed by atoms with Gasteiger partial charge < -0.3 is 19.9 Å². The molecule has 2 aromatic heterocycles. The van der Waals surface area contributed by atoms with E-state index in [2.05, 4.69) is 25.1 Å². The normalized spacial score (nSPS) is 17.2. The molecule has 4 rings (SSSR count). The fourth-order valence-corrected chi connectivity index (χ4v) is 3.52. The van der Waals surface area contributed by atoms with Crippen molar-refractivity contribution in [2.75, 3.05) is 63.7 Å². The lowest BCUT2D eigenvalue weighted by atomic mass is 10.2. The zero-order valence-electron chi connectivity index (χ0n) is 21.0. The molecule has 0 unspecified atom stereocenters. The number of nitrogens with two attached hydrogens (primary N) is 1. The Hall–Kier alpha value is -2.79. The van der Waals surface area contributed by atoms with Gasteiger partial charge in [0.25, 0.3) is 0 Å². The first-order valence-electron chi connectivity index (χ1n) is 12.0. The van der Waals surface area contributed by atoms with E-state index in [1.165, 1.54) is 0 Å². The molecular formula is C25H38N6O4. The Morgan fingerprint density at radius 1 is 0.914 bits per heavy atom. The maximum absolute atomic E-state index is 11.6. The van der Waals surface area contributed by atoms with Crippen LogP contribution < -0.4 is 11.1 Å². The number of pyridine rings is 2. The molecule has 3 N–H and O–H groups in total. The van der Waals surface area contributed by atoms with Gasteiger partial charge in [0, 0.05) is 39.3 Å². The van der Waals surface area contributed by atoms with Crippen molar-refractivity contribution in [3.05, 3.63) is 48.0 Å². The molecule has 0 atom stereocenters. The molecule has 1 amide bonds. The van der Waals surface area contributed by atoms with Gasteiger partial charge in [0.1, 0.15) is 5.60 Å². The molecule has 10 heteroatoms. The van der Waals surface area contributed by atoms with Gasteiger partial charge in [-0.25, -0.2) is 4.79 Å². The second-order valence-electron chi connectivity index (χ2n) is 9.53. The summed E-state index contributed by atoms with van der Waals surface area (Å²) in [6, 6.07) is 7.63. The molecule has 2 aliphatic heterocycles. The van der Waals surface area contributed by atoms with Crippen LogP contribution >= 0.6 is 0 Å². The van der Waals surface area contributed by atoms with Crippen LogP contribution in [-0.2, 0) is 27.3 Å². The third-order valence-corrected chi connectivity index (χ3v) is 5.30. The van der Waals surface area contributed by atoms with Gasteiger partial charge in [-0.05, 0) is 45.0 Å². The highest BCUT2D eigenvalue weighted by Gasteiger charge is 2.16. The molecular weight excluding hydrogens is 448 g/mol. The van der Waals surface area contributed by atoms with Crippen LogP contribution in [0.4, 0.5) is 16.2 Å². The lowest BCUT2D eigenvalue weighted by Crippen LogP contribution is -2.35. The minimum Gasteiger partial charge on any atom is -0.444 e. The van der Waals surface area contributed by atoms with Gasteiger partial charge in [-0.15, -0.1) is 0 Å². The number of carbonyl (C=O) groups is 1. The van der Waals surface area contributed by atoms with E-state index in [1.54, 1.807) is 12.4 Å². The molecule has 2 aromatic rings. The molecule has 2 aliphatic rings. The monoisotopic (exact) mass is 486 g/mol. The predicted octanol–water partition coefficient (Wildman–Crippen LogP) is 2.76. The molecule has 10 nitrogen and oxygen atoms in total. The van der Waals surface area contributed by atoms with Crippen molar-refractivity contribution in [2.45, 2.75) is 39.5 Å². The number of nitrogens with one attached hydrogen (secondary N) is 1. The van der Waals surface area contributed by atoms with Crippen LogP contribution in [0.25, 0.3) is 0 Å². The van der Waals surface area contributed by atoms with Crippen LogP contribution in [0.5, 0.6) is 0 Å². The highest BCUT2D eigenvalue weighted by atomic mass is 16.6. The topological polar surface area (TPSA) is 115 Å². The number of ether oxygens (including phenoxy) is 3. The first-order valence-corrected chi connectivity index (χ1v) is 12.0. The van der Waals surface area contributed by atoms with E-state index >= 15 is 0 Å². The van der Waals surface area contributed by atoms with Crippen LogP contribution in [0, 0.1) is 0 Å². The van der Waals surface area contributed by atoms with Crippen molar-refractivity contribution < 1.29 is 19.0 Å². The maximum atomic E-state index is 11.6. The molecule has 0 bridgehead atoms. The van der Waals surface area contributed by atoms with Crippen molar-refractivity contribution in [3.8, 4) is 0 Å². The lowest BCUT2D eigenvalue weighted by molar-refractivity contribution is 0.0336. The summed E-state index contributed by atoms with van der Waals surface area (Å²) < 4.78 is 15.8. The highest BCUT2D eigenvalue weighted by Crippen LogP contribution is 2.12. The number of amides is 1. The first kappa shape index (κ1) is 26.8. The zero-order chi connectivity index (χ0) is 25.1. The molecule has 0 radical (unpaired) electrons. The van der Waals surface area contributed by atoms with Crippen molar-refractivity contribution in [1.29, 1.82) is 0 Å². The first-order chi connectivity index (χ1) is 16.8. The van der Waals surface area contributed by atoms with E-state index in [-0.39, 0.29) is 0 Å². The summed E-state index contributed by atoms with van der Waals surface area (Å²) in [6.45, 7) is 14.2. The quantitative estimate of drug-likeness (QED) is 0.658. The Morgan fingerprint density at radius 3 is 1.86 bits per heavy atom. The summed E-state index contributed by atoms with van der Waals surface area (Å²) in [6.07, 6.45) is 2.89. The Bertz CT molecular complexity index is 890. The smallest absolute Gasteiger partial charge is 0.412 e. The highest BCUT2D eigenvalue weighted by molar-refractivity contribution is 5.84. The largest absolute Gasteiger partial charge is 0.444 e. The minimum atomic E-state index is -0.506. The van der Waals surface area contributed by atoms with Crippen molar-refractivity contribution in [1.82, 2.24) is 19.8 Å². The molecule has 0 aromatic carbocycles. The van der Waals surface area contributed by atoms with Gasteiger partial charge in [-0.1, -0.05) is 0 Å². The number of hydrogen-bond donors (Lipinski definition) is 2. The maximum Gasteiger partial charge on any atom is 0.412 e. The van der Waals surface area contributed by atoms with Crippen LogP contribution in [0.2, 0.25) is 0 Å². The SMILES string of the molecule is CC(C)(C)OC(=O)Nc1ccc(CN2CCOCC2)nc1.Nc1ccc(CN2CCOCC2)nc1. The third kappa shape index (κ3) is 10.6. The van der Waals surface area contributed by atoms with E-state index in [4.69, 9.17) is 19.9 Å². The van der Waals surface area contributed by atoms with Gasteiger partial charge in [-0.2, -0.15) is 0 Å². The average molecular weight is 487 g/mol. The summed E-state index contributed by atoms with van der Waals surface area (Å²) in [4.78, 5) is 24.9. The van der Waals surface area contributed by atoms with Crippen LogP contribution in [-0.4, -0.2) is 84.1 Å². The van der Waals surface area contributed by atoms with Crippen LogP contribution in [0.1, 0.15) is 32.2 Å². The predicted molar refractivity (Wildman–Crippen MR) is 135 cm³/mol. The standard InChI is InChI=1S/C15H23N3O3.C10H15N3O/c1-15(2,3)21-14(19)17-12-4-5-13(16-10-12)11-18-6-8-20-9-7-18;11-9-1-2-10(12-7-9)8-13-3-5-14-6-4-13/h4-5,10H,6-9,11H2,1-3H3,(H,17,19);1-2,7H,3-6,8,11H2. The van der Waals surface area contributed by atoms with Gasteiger partial charge in [0.05, 0.1) is 61.6 Å². The molecule has 0 spiro atoms. The second kappa shape index (κ2) is 13.3. The fourth-order valence-electron chi connectivity index (χ4n) is 3.52. The summed E-state index contributed by atoms with van der Waals surface area (Å²) in [5.74, 6) is 0. The van der Waals surface area contributed by atoms with E-state index < -0.39 is 11.7 Å². The number of aromatic nitrogens is 2. The fraction of sp³-hybridized carbons (Fsp3) is 0.560. The van der Waals surface area contributed by atoms with Gasteiger partial charge in [0.15, 0.2) is 0 Å². The lowest BCUT2D eigenvalue weighted by Gasteiger charge is -2.26. The molecule has 192 valence electrons. The van der Waals surface area contributed by atoms with Gasteiger partial charge in [-0.3, -0.25) is 25.1 Å².